The normalized spacial score (nSPS) is 10.3. The molecule has 0 amide bonds. The molecule has 0 fully saturated rings. The number of hydrogen-bond acceptors (Lipinski definition) is 6. The zero-order valence-corrected chi connectivity index (χ0v) is 12.0. The summed E-state index contributed by atoms with van der Waals surface area (Å²) in [6, 6.07) is 8.22. The van der Waals surface area contributed by atoms with Gasteiger partial charge in [0.25, 0.3) is 0 Å². The number of nitro groups is 1. The number of thioether (sulfide) groups is 1. The average Bonchev–Trinajstić information content (AvgIpc) is 2.48. The molecule has 0 spiro atoms. The Morgan fingerprint density at radius 3 is 2.35 bits per heavy atom. The highest BCUT2D eigenvalue weighted by molar-refractivity contribution is 7.98. The molecule has 2 aromatic rings. The van der Waals surface area contributed by atoms with Crippen molar-refractivity contribution in [1.29, 1.82) is 0 Å². The van der Waals surface area contributed by atoms with Gasteiger partial charge in [-0.3, -0.25) is 10.1 Å². The maximum absolute atomic E-state index is 10.5. The van der Waals surface area contributed by atoms with Gasteiger partial charge in [0.1, 0.15) is 12.4 Å². The van der Waals surface area contributed by atoms with Crippen LogP contribution in [0.3, 0.4) is 0 Å². The number of hydrogen-bond donors (Lipinski definition) is 0. The van der Waals surface area contributed by atoms with Crippen LogP contribution in [0.25, 0.3) is 0 Å². The fourth-order valence-electron chi connectivity index (χ4n) is 1.68. The summed E-state index contributed by atoms with van der Waals surface area (Å²) in [5.41, 5.74) is 1.03. The zero-order chi connectivity index (χ0) is 14.5. The molecule has 0 saturated heterocycles. The van der Waals surface area contributed by atoms with Gasteiger partial charge in [0.2, 0.25) is 5.95 Å². The van der Waals surface area contributed by atoms with Gasteiger partial charge in [0, 0.05) is 18.5 Å². The molecule has 0 aliphatic rings. The van der Waals surface area contributed by atoms with Crippen LogP contribution in [0, 0.1) is 10.1 Å². The zero-order valence-electron chi connectivity index (χ0n) is 11.2. The number of nitrogens with zero attached hydrogens (tertiary/aromatic N) is 4. The van der Waals surface area contributed by atoms with E-state index in [2.05, 4.69) is 22.1 Å². The van der Waals surface area contributed by atoms with E-state index < -0.39 is 4.92 Å². The summed E-state index contributed by atoms with van der Waals surface area (Å²) in [7, 11) is 1.85. The SMILES string of the molecule is CSc1ccc(CN(C)c2ncc([N+](=O)[O-])cn2)cc1. The van der Waals surface area contributed by atoms with Gasteiger partial charge in [-0.25, -0.2) is 9.97 Å². The Morgan fingerprint density at radius 1 is 1.25 bits per heavy atom. The Kier molecular flexibility index (Phi) is 4.52. The van der Waals surface area contributed by atoms with Crippen molar-refractivity contribution < 1.29 is 4.92 Å². The minimum atomic E-state index is -0.509. The van der Waals surface area contributed by atoms with Gasteiger partial charge in [-0.05, 0) is 24.0 Å². The van der Waals surface area contributed by atoms with Crippen molar-refractivity contribution in [3.63, 3.8) is 0 Å². The summed E-state index contributed by atoms with van der Waals surface area (Å²) >= 11 is 1.69. The van der Waals surface area contributed by atoms with Crippen molar-refractivity contribution in [3.05, 3.63) is 52.3 Å². The summed E-state index contributed by atoms with van der Waals surface area (Å²) in [4.78, 5) is 21.1. The van der Waals surface area contributed by atoms with E-state index in [1.165, 1.54) is 17.3 Å². The van der Waals surface area contributed by atoms with Crippen LogP contribution in [0.5, 0.6) is 0 Å². The molecular weight excluding hydrogens is 276 g/mol. The molecule has 0 saturated carbocycles. The van der Waals surface area contributed by atoms with E-state index in [-0.39, 0.29) is 5.69 Å². The first kappa shape index (κ1) is 14.3. The Labute approximate surface area is 121 Å². The van der Waals surface area contributed by atoms with Crippen LogP contribution in [0.2, 0.25) is 0 Å². The Balaban J connectivity index is 2.06. The minimum Gasteiger partial charge on any atom is -0.340 e. The lowest BCUT2D eigenvalue weighted by Gasteiger charge is -2.16. The Morgan fingerprint density at radius 2 is 1.85 bits per heavy atom. The first-order valence-electron chi connectivity index (χ1n) is 5.90. The van der Waals surface area contributed by atoms with Crippen molar-refractivity contribution in [2.45, 2.75) is 11.4 Å². The fourth-order valence-corrected chi connectivity index (χ4v) is 2.09. The van der Waals surface area contributed by atoms with Crippen LogP contribution in [0.4, 0.5) is 11.6 Å². The first-order chi connectivity index (χ1) is 9.60. The van der Waals surface area contributed by atoms with Crippen LogP contribution in [-0.4, -0.2) is 28.2 Å². The van der Waals surface area contributed by atoms with Crippen molar-refractivity contribution in [1.82, 2.24) is 9.97 Å². The van der Waals surface area contributed by atoms with E-state index >= 15 is 0 Å². The first-order valence-corrected chi connectivity index (χ1v) is 7.13. The number of anilines is 1. The Bertz CT molecular complexity index is 586. The van der Waals surface area contributed by atoms with E-state index in [0.717, 1.165) is 5.56 Å². The predicted molar refractivity (Wildman–Crippen MR) is 79.0 cm³/mol. The van der Waals surface area contributed by atoms with Gasteiger partial charge < -0.3 is 4.90 Å². The monoisotopic (exact) mass is 290 g/mol. The second kappa shape index (κ2) is 6.33. The molecular formula is C13H14N4O2S. The molecule has 7 heteroatoms. The second-order valence-electron chi connectivity index (χ2n) is 4.20. The van der Waals surface area contributed by atoms with Crippen molar-refractivity contribution in [2.75, 3.05) is 18.2 Å². The Hall–Kier alpha value is -2.15. The summed E-state index contributed by atoms with van der Waals surface area (Å²) in [5, 5.41) is 10.5. The standard InChI is InChI=1S/C13H14N4O2S/c1-16(9-10-3-5-12(20-2)6-4-10)13-14-7-11(8-15-13)17(18)19/h3-8H,9H2,1-2H3. The average molecular weight is 290 g/mol. The summed E-state index contributed by atoms with van der Waals surface area (Å²) in [6.45, 7) is 0.645. The van der Waals surface area contributed by atoms with E-state index in [4.69, 9.17) is 0 Å². The van der Waals surface area contributed by atoms with E-state index in [0.29, 0.717) is 12.5 Å². The maximum atomic E-state index is 10.5. The van der Waals surface area contributed by atoms with Gasteiger partial charge in [0.05, 0.1) is 4.92 Å². The molecule has 1 heterocycles. The second-order valence-corrected chi connectivity index (χ2v) is 5.08. The molecule has 1 aromatic carbocycles. The van der Waals surface area contributed by atoms with Gasteiger partial charge in [-0.1, -0.05) is 12.1 Å². The molecule has 0 N–H and O–H groups in total. The summed E-state index contributed by atoms with van der Waals surface area (Å²) in [6.07, 6.45) is 4.47. The summed E-state index contributed by atoms with van der Waals surface area (Å²) in [5.74, 6) is 0.463. The highest BCUT2D eigenvalue weighted by Crippen LogP contribution is 2.17. The highest BCUT2D eigenvalue weighted by Gasteiger charge is 2.10. The van der Waals surface area contributed by atoms with Crippen molar-refractivity contribution >= 4 is 23.4 Å². The molecule has 0 radical (unpaired) electrons. The number of rotatable bonds is 5. The van der Waals surface area contributed by atoms with Crippen LogP contribution >= 0.6 is 11.8 Å². The molecule has 6 nitrogen and oxygen atoms in total. The number of benzene rings is 1. The van der Waals surface area contributed by atoms with Gasteiger partial charge in [-0.2, -0.15) is 0 Å². The molecule has 1 aromatic heterocycles. The fraction of sp³-hybridized carbons (Fsp3) is 0.231. The molecule has 0 bridgehead atoms. The molecule has 0 unspecified atom stereocenters. The molecule has 20 heavy (non-hydrogen) atoms. The predicted octanol–water partition coefficient (Wildman–Crippen LogP) is 2.74. The third-order valence-electron chi connectivity index (χ3n) is 2.76. The number of aromatic nitrogens is 2. The van der Waals surface area contributed by atoms with Gasteiger partial charge in [0.15, 0.2) is 0 Å². The molecule has 0 aliphatic heterocycles. The minimum absolute atomic E-state index is 0.105. The lowest BCUT2D eigenvalue weighted by Crippen LogP contribution is -2.18. The van der Waals surface area contributed by atoms with Crippen LogP contribution in [0.1, 0.15) is 5.56 Å². The van der Waals surface area contributed by atoms with Crippen LogP contribution in [0.15, 0.2) is 41.6 Å². The maximum Gasteiger partial charge on any atom is 0.305 e. The third kappa shape index (κ3) is 3.45. The third-order valence-corrected chi connectivity index (χ3v) is 3.50. The van der Waals surface area contributed by atoms with Gasteiger partial charge in [-0.15, -0.1) is 11.8 Å². The van der Waals surface area contributed by atoms with Crippen LogP contribution < -0.4 is 4.90 Å². The van der Waals surface area contributed by atoms with Gasteiger partial charge >= 0.3 is 5.69 Å². The highest BCUT2D eigenvalue weighted by atomic mass is 32.2. The lowest BCUT2D eigenvalue weighted by molar-refractivity contribution is -0.385. The molecule has 0 aliphatic carbocycles. The quantitative estimate of drug-likeness (QED) is 0.479. The molecule has 0 atom stereocenters. The van der Waals surface area contributed by atoms with E-state index in [1.54, 1.807) is 11.8 Å². The van der Waals surface area contributed by atoms with Crippen LogP contribution in [-0.2, 0) is 6.54 Å². The molecule has 2 rings (SSSR count). The topological polar surface area (TPSA) is 72.2 Å². The summed E-state index contributed by atoms with van der Waals surface area (Å²) < 4.78 is 0. The largest absolute Gasteiger partial charge is 0.340 e. The van der Waals surface area contributed by atoms with Crippen molar-refractivity contribution in [3.8, 4) is 0 Å². The lowest BCUT2D eigenvalue weighted by atomic mass is 10.2. The molecule has 104 valence electrons. The van der Waals surface area contributed by atoms with E-state index in [1.807, 2.05) is 30.3 Å². The van der Waals surface area contributed by atoms with E-state index in [9.17, 15) is 10.1 Å². The van der Waals surface area contributed by atoms with Crippen molar-refractivity contribution in [2.24, 2.45) is 0 Å². The smallest absolute Gasteiger partial charge is 0.305 e.